The van der Waals surface area contributed by atoms with E-state index in [1.807, 2.05) is 0 Å². The van der Waals surface area contributed by atoms with Crippen molar-refractivity contribution in [3.63, 3.8) is 0 Å². The second kappa shape index (κ2) is 7.11. The highest BCUT2D eigenvalue weighted by atomic mass is 16.4. The van der Waals surface area contributed by atoms with Crippen LogP contribution in [-0.4, -0.2) is 28.1 Å². The molecule has 2 N–H and O–H groups in total. The molecule has 9 atom stereocenters. The van der Waals surface area contributed by atoms with E-state index in [4.69, 9.17) is 5.11 Å². The number of hydrogen-bond acceptors (Lipinski definition) is 3. The summed E-state index contributed by atoms with van der Waals surface area (Å²) in [6.07, 6.45) is 8.85. The van der Waals surface area contributed by atoms with Crippen LogP contribution in [0.5, 0.6) is 0 Å². The third-order valence-electron chi connectivity index (χ3n) is 9.89. The Bertz CT molecular complexity index is 645. The van der Waals surface area contributed by atoms with Gasteiger partial charge >= 0.3 is 5.97 Å². The number of hydrogen-bond donors (Lipinski definition) is 2. The molecule has 1 unspecified atom stereocenters. The number of carbonyl (C=O) groups excluding carboxylic acids is 1. The Morgan fingerprint density at radius 1 is 1.14 bits per heavy atom. The molecule has 0 spiro atoms. The number of rotatable bonds is 4. The smallest absolute Gasteiger partial charge is 0.303 e. The highest BCUT2D eigenvalue weighted by molar-refractivity contribution is 5.84. The third-order valence-corrected chi connectivity index (χ3v) is 9.89. The molecule has 28 heavy (non-hydrogen) atoms. The lowest BCUT2D eigenvalue weighted by Crippen LogP contribution is -2.57. The molecule has 4 heteroatoms. The Labute approximate surface area is 169 Å². The number of carboxylic acids is 1. The Kier molecular flexibility index (Phi) is 5.17. The zero-order chi connectivity index (χ0) is 20.3. The fourth-order valence-electron chi connectivity index (χ4n) is 8.57. The number of Topliss-reactive ketones (excluding diaryl/α,β-unsaturated/α-hetero) is 1. The highest BCUT2D eigenvalue weighted by Gasteiger charge is 2.63. The maximum absolute atomic E-state index is 13.6. The van der Waals surface area contributed by atoms with Crippen LogP contribution < -0.4 is 0 Å². The fourth-order valence-corrected chi connectivity index (χ4v) is 8.57. The lowest BCUT2D eigenvalue weighted by Gasteiger charge is -2.60. The van der Waals surface area contributed by atoms with E-state index in [1.54, 1.807) is 0 Å². The number of aliphatic carboxylic acids is 1. The molecule has 4 nitrogen and oxygen atoms in total. The number of ketones is 1. The van der Waals surface area contributed by atoms with Crippen LogP contribution >= 0.6 is 0 Å². The number of aliphatic hydroxyl groups excluding tert-OH is 1. The maximum atomic E-state index is 13.6. The molecule has 4 fully saturated rings. The molecule has 0 aromatic rings. The number of aliphatic hydroxyl groups is 1. The summed E-state index contributed by atoms with van der Waals surface area (Å²) in [5.41, 5.74) is 0.126. The number of carbonyl (C=O) groups is 2. The van der Waals surface area contributed by atoms with Gasteiger partial charge in [0, 0.05) is 18.8 Å². The van der Waals surface area contributed by atoms with Gasteiger partial charge in [0.2, 0.25) is 0 Å². The van der Waals surface area contributed by atoms with Gasteiger partial charge in [-0.2, -0.15) is 0 Å². The van der Waals surface area contributed by atoms with Gasteiger partial charge in [0.05, 0.1) is 6.10 Å². The lowest BCUT2D eigenvalue weighted by molar-refractivity contribution is -0.162. The summed E-state index contributed by atoms with van der Waals surface area (Å²) in [7, 11) is 0. The van der Waals surface area contributed by atoms with Crippen molar-refractivity contribution in [2.45, 2.75) is 91.1 Å². The van der Waals surface area contributed by atoms with Gasteiger partial charge in [0.15, 0.2) is 0 Å². The maximum Gasteiger partial charge on any atom is 0.303 e. The Morgan fingerprint density at radius 3 is 2.61 bits per heavy atom. The molecule has 158 valence electrons. The molecule has 4 aliphatic carbocycles. The number of carboxylic acid groups (broad SMARTS) is 1. The van der Waals surface area contributed by atoms with Crippen LogP contribution in [-0.2, 0) is 9.59 Å². The van der Waals surface area contributed by atoms with Crippen LogP contribution in [0, 0.1) is 46.3 Å². The van der Waals surface area contributed by atoms with Crippen LogP contribution in [0.15, 0.2) is 0 Å². The first kappa shape index (κ1) is 20.4. The van der Waals surface area contributed by atoms with E-state index < -0.39 is 5.97 Å². The van der Waals surface area contributed by atoms with Gasteiger partial charge < -0.3 is 10.2 Å². The Balaban J connectivity index is 1.57. The molecule has 4 rings (SSSR count). The van der Waals surface area contributed by atoms with Gasteiger partial charge in [0.25, 0.3) is 0 Å². The van der Waals surface area contributed by atoms with E-state index >= 15 is 0 Å². The summed E-state index contributed by atoms with van der Waals surface area (Å²) in [5, 5.41) is 19.3. The second-order valence-corrected chi connectivity index (χ2v) is 11.2. The van der Waals surface area contributed by atoms with Crippen molar-refractivity contribution >= 4 is 11.8 Å². The predicted octanol–water partition coefficient (Wildman–Crippen LogP) is 4.69. The quantitative estimate of drug-likeness (QED) is 0.730. The summed E-state index contributed by atoms with van der Waals surface area (Å²) in [6, 6.07) is 0. The Morgan fingerprint density at radius 2 is 1.89 bits per heavy atom. The van der Waals surface area contributed by atoms with E-state index in [2.05, 4.69) is 20.8 Å². The molecule has 0 saturated heterocycles. The Hall–Kier alpha value is -0.900. The zero-order valence-corrected chi connectivity index (χ0v) is 17.8. The molecular formula is C24H38O4. The van der Waals surface area contributed by atoms with Crippen molar-refractivity contribution in [1.82, 2.24) is 0 Å². The average Bonchev–Trinajstić information content (AvgIpc) is 2.96. The molecule has 4 aliphatic rings. The SMILES string of the molecule is C[C@H](CCC(=O)O)[C@H]1CC[C@H]2[C@@H]3CCC4C[C@H](O)CC[C@]4(C)[C@H]3C(=O)C[C@]12C. The minimum atomic E-state index is -0.711. The van der Waals surface area contributed by atoms with Crippen molar-refractivity contribution < 1.29 is 19.8 Å². The molecule has 0 aliphatic heterocycles. The van der Waals surface area contributed by atoms with Crippen LogP contribution in [0.25, 0.3) is 0 Å². The van der Waals surface area contributed by atoms with Crippen LogP contribution in [0.4, 0.5) is 0 Å². The van der Waals surface area contributed by atoms with Crippen LogP contribution in [0.2, 0.25) is 0 Å². The summed E-state index contributed by atoms with van der Waals surface area (Å²) in [5.74, 6) is 2.40. The topological polar surface area (TPSA) is 74.6 Å². The molecule has 4 saturated carbocycles. The molecule has 0 aromatic heterocycles. The van der Waals surface area contributed by atoms with Crippen molar-refractivity contribution in [2.75, 3.05) is 0 Å². The van der Waals surface area contributed by atoms with Crippen molar-refractivity contribution in [3.05, 3.63) is 0 Å². The van der Waals surface area contributed by atoms with E-state index in [0.717, 1.165) is 44.9 Å². The van der Waals surface area contributed by atoms with E-state index in [-0.39, 0.29) is 29.3 Å². The molecule has 0 aromatic carbocycles. The summed E-state index contributed by atoms with van der Waals surface area (Å²) in [4.78, 5) is 24.6. The normalized spacial score (nSPS) is 49.1. The third kappa shape index (κ3) is 3.05. The first-order valence-corrected chi connectivity index (χ1v) is 11.6. The van der Waals surface area contributed by atoms with Gasteiger partial charge in [-0.15, -0.1) is 0 Å². The van der Waals surface area contributed by atoms with Gasteiger partial charge in [0.1, 0.15) is 5.78 Å². The molecule has 0 bridgehead atoms. The van der Waals surface area contributed by atoms with Crippen molar-refractivity contribution in [3.8, 4) is 0 Å². The largest absolute Gasteiger partial charge is 0.481 e. The molecule has 0 amide bonds. The van der Waals surface area contributed by atoms with E-state index in [9.17, 15) is 14.7 Å². The van der Waals surface area contributed by atoms with Gasteiger partial charge in [-0.25, -0.2) is 0 Å². The highest BCUT2D eigenvalue weighted by Crippen LogP contribution is 2.67. The molecular weight excluding hydrogens is 352 g/mol. The first-order valence-electron chi connectivity index (χ1n) is 11.6. The molecule has 0 radical (unpaired) electrons. The summed E-state index contributed by atoms with van der Waals surface area (Å²) >= 11 is 0. The average molecular weight is 391 g/mol. The van der Waals surface area contributed by atoms with Gasteiger partial charge in [-0.3, -0.25) is 9.59 Å². The van der Waals surface area contributed by atoms with Crippen molar-refractivity contribution in [1.29, 1.82) is 0 Å². The summed E-state index contributed by atoms with van der Waals surface area (Å²) in [6.45, 7) is 6.90. The van der Waals surface area contributed by atoms with Crippen LogP contribution in [0.3, 0.4) is 0 Å². The van der Waals surface area contributed by atoms with Crippen LogP contribution in [0.1, 0.15) is 85.0 Å². The standard InChI is InChI=1S/C24H38O4/c1-14(4-9-21(27)28)18-7-8-19-17-6-5-15-12-16(25)10-11-23(15,2)22(17)20(26)13-24(18,19)3/h14-19,22,25H,4-13H2,1-3H3,(H,27,28)/t14-,15?,16-,17+,18-,19+,22-,23+,24-/m1/s1. The molecule has 0 heterocycles. The van der Waals surface area contributed by atoms with E-state index in [1.165, 1.54) is 6.42 Å². The zero-order valence-electron chi connectivity index (χ0n) is 17.8. The lowest BCUT2D eigenvalue weighted by atomic mass is 9.44. The fraction of sp³-hybridized carbons (Fsp3) is 0.917. The first-order chi connectivity index (χ1) is 13.2. The predicted molar refractivity (Wildman–Crippen MR) is 108 cm³/mol. The van der Waals surface area contributed by atoms with E-state index in [0.29, 0.717) is 41.8 Å². The van der Waals surface area contributed by atoms with Crippen molar-refractivity contribution in [2.24, 2.45) is 46.3 Å². The van der Waals surface area contributed by atoms with Gasteiger partial charge in [-0.1, -0.05) is 20.8 Å². The van der Waals surface area contributed by atoms with Gasteiger partial charge in [-0.05, 0) is 91.8 Å². The monoisotopic (exact) mass is 390 g/mol. The second-order valence-electron chi connectivity index (χ2n) is 11.2. The minimum Gasteiger partial charge on any atom is -0.481 e. The number of fused-ring (bicyclic) bond motifs is 5. The summed E-state index contributed by atoms with van der Waals surface area (Å²) < 4.78 is 0. The minimum absolute atomic E-state index is 0.0492.